The molecular formula is C10H12N2O2. The van der Waals surface area contributed by atoms with Gasteiger partial charge in [-0.05, 0) is 6.07 Å². The van der Waals surface area contributed by atoms with Crippen LogP contribution in [0.3, 0.4) is 0 Å². The second-order valence-corrected chi connectivity index (χ2v) is 2.87. The first-order valence-electron chi connectivity index (χ1n) is 4.16. The normalized spacial score (nSPS) is 9.50. The fourth-order valence-electron chi connectivity index (χ4n) is 1.16. The van der Waals surface area contributed by atoms with Gasteiger partial charge in [-0.1, -0.05) is 6.08 Å². The molecule has 1 heterocycles. The highest BCUT2D eigenvalue weighted by Gasteiger charge is 2.11. The van der Waals surface area contributed by atoms with E-state index in [-0.39, 0.29) is 5.56 Å². The highest BCUT2D eigenvalue weighted by molar-refractivity contribution is 5.94. The molecule has 0 aliphatic rings. The first-order valence-corrected chi connectivity index (χ1v) is 4.16. The average Bonchev–Trinajstić information content (AvgIpc) is 2.18. The Morgan fingerprint density at radius 2 is 2.50 bits per heavy atom. The topological polar surface area (TPSA) is 53.4 Å². The minimum Gasteiger partial charge on any atom is -0.478 e. The van der Waals surface area contributed by atoms with Crippen LogP contribution in [0.25, 0.3) is 0 Å². The second-order valence-electron chi connectivity index (χ2n) is 2.87. The Kier molecular flexibility index (Phi) is 3.23. The zero-order valence-corrected chi connectivity index (χ0v) is 7.97. The lowest BCUT2D eigenvalue weighted by atomic mass is 10.2. The van der Waals surface area contributed by atoms with Gasteiger partial charge < -0.3 is 10.0 Å². The maximum atomic E-state index is 10.9. The van der Waals surface area contributed by atoms with Gasteiger partial charge in [0.2, 0.25) is 0 Å². The highest BCUT2D eigenvalue weighted by atomic mass is 16.4. The van der Waals surface area contributed by atoms with Crippen molar-refractivity contribution in [2.75, 3.05) is 18.5 Å². The van der Waals surface area contributed by atoms with Crippen LogP contribution in [0.1, 0.15) is 10.4 Å². The number of aromatic nitrogens is 1. The van der Waals surface area contributed by atoms with Crippen molar-refractivity contribution in [3.05, 3.63) is 36.7 Å². The van der Waals surface area contributed by atoms with E-state index >= 15 is 0 Å². The molecular weight excluding hydrogens is 180 g/mol. The fourth-order valence-corrected chi connectivity index (χ4v) is 1.16. The summed E-state index contributed by atoms with van der Waals surface area (Å²) in [6, 6.07) is 1.48. The minimum absolute atomic E-state index is 0.254. The Hall–Kier alpha value is -1.84. The number of hydrogen-bond acceptors (Lipinski definition) is 3. The fraction of sp³-hybridized carbons (Fsp3) is 0.200. The van der Waals surface area contributed by atoms with Crippen LogP contribution < -0.4 is 4.90 Å². The number of anilines is 1. The van der Waals surface area contributed by atoms with Crippen molar-refractivity contribution in [1.29, 1.82) is 0 Å². The Balaban J connectivity index is 3.06. The summed E-state index contributed by atoms with van der Waals surface area (Å²) in [5, 5.41) is 8.90. The summed E-state index contributed by atoms with van der Waals surface area (Å²) in [5.74, 6) is -0.946. The van der Waals surface area contributed by atoms with Gasteiger partial charge in [-0.15, -0.1) is 6.58 Å². The van der Waals surface area contributed by atoms with Crippen molar-refractivity contribution in [2.45, 2.75) is 0 Å². The van der Waals surface area contributed by atoms with Crippen molar-refractivity contribution < 1.29 is 9.90 Å². The maximum Gasteiger partial charge on any atom is 0.337 e. The summed E-state index contributed by atoms with van der Waals surface area (Å²) in [7, 11) is 1.80. The Morgan fingerprint density at radius 3 is 3.07 bits per heavy atom. The molecule has 0 aliphatic heterocycles. The van der Waals surface area contributed by atoms with Gasteiger partial charge in [0.25, 0.3) is 0 Å². The number of nitrogens with zero attached hydrogens (tertiary/aromatic N) is 2. The van der Waals surface area contributed by atoms with Crippen LogP contribution in [-0.2, 0) is 0 Å². The van der Waals surface area contributed by atoms with Crippen molar-refractivity contribution in [3.63, 3.8) is 0 Å². The molecule has 14 heavy (non-hydrogen) atoms. The van der Waals surface area contributed by atoms with Crippen LogP contribution in [-0.4, -0.2) is 29.7 Å². The lowest BCUT2D eigenvalue weighted by Crippen LogP contribution is -2.19. The summed E-state index contributed by atoms with van der Waals surface area (Å²) < 4.78 is 0. The van der Waals surface area contributed by atoms with Crippen molar-refractivity contribution >= 4 is 11.7 Å². The molecule has 1 rings (SSSR count). The van der Waals surface area contributed by atoms with Crippen LogP contribution in [0.2, 0.25) is 0 Å². The molecule has 1 aromatic heterocycles. The number of carbonyl (C=O) groups is 1. The van der Waals surface area contributed by atoms with Gasteiger partial charge in [-0.25, -0.2) is 4.79 Å². The van der Waals surface area contributed by atoms with E-state index in [4.69, 9.17) is 5.11 Å². The van der Waals surface area contributed by atoms with Gasteiger partial charge in [0.15, 0.2) is 0 Å². The molecule has 0 spiro atoms. The molecule has 0 unspecified atom stereocenters. The van der Waals surface area contributed by atoms with Gasteiger partial charge >= 0.3 is 5.97 Å². The standard InChI is InChI=1S/C10H12N2O2/c1-3-6-12(2)9-7-11-5-4-8(9)10(13)14/h3-5,7H,1,6H2,2H3,(H,13,14). The third kappa shape index (κ3) is 2.10. The molecule has 4 heteroatoms. The molecule has 74 valence electrons. The molecule has 0 saturated carbocycles. The van der Waals surface area contributed by atoms with E-state index in [1.54, 1.807) is 18.0 Å². The van der Waals surface area contributed by atoms with E-state index in [9.17, 15) is 4.79 Å². The first-order chi connectivity index (χ1) is 6.66. The summed E-state index contributed by atoms with van der Waals surface area (Å²) in [6.07, 6.45) is 4.71. The number of likely N-dealkylation sites (N-methyl/N-ethyl adjacent to an activating group) is 1. The molecule has 0 amide bonds. The van der Waals surface area contributed by atoms with Crippen molar-refractivity contribution in [3.8, 4) is 0 Å². The van der Waals surface area contributed by atoms with Crippen LogP contribution in [0, 0.1) is 0 Å². The van der Waals surface area contributed by atoms with Gasteiger partial charge in [0.05, 0.1) is 17.4 Å². The summed E-state index contributed by atoms with van der Waals surface area (Å²) in [5.41, 5.74) is 0.851. The number of carboxylic acids is 1. The third-order valence-corrected chi connectivity index (χ3v) is 1.84. The van der Waals surface area contributed by atoms with Crippen LogP contribution in [0.4, 0.5) is 5.69 Å². The maximum absolute atomic E-state index is 10.9. The molecule has 4 nitrogen and oxygen atoms in total. The van der Waals surface area contributed by atoms with E-state index in [0.29, 0.717) is 12.2 Å². The summed E-state index contributed by atoms with van der Waals surface area (Å²) in [4.78, 5) is 16.5. The van der Waals surface area contributed by atoms with Gasteiger partial charge in [0, 0.05) is 19.8 Å². The average molecular weight is 192 g/mol. The number of hydrogen-bond donors (Lipinski definition) is 1. The van der Waals surface area contributed by atoms with E-state index in [1.165, 1.54) is 18.5 Å². The molecule has 1 N–H and O–H groups in total. The highest BCUT2D eigenvalue weighted by Crippen LogP contribution is 2.17. The summed E-state index contributed by atoms with van der Waals surface area (Å²) in [6.45, 7) is 4.18. The predicted octanol–water partition coefficient (Wildman–Crippen LogP) is 1.40. The zero-order valence-electron chi connectivity index (χ0n) is 7.97. The van der Waals surface area contributed by atoms with E-state index < -0.39 is 5.97 Å². The predicted molar refractivity (Wildman–Crippen MR) is 54.7 cm³/mol. The third-order valence-electron chi connectivity index (χ3n) is 1.84. The van der Waals surface area contributed by atoms with Crippen LogP contribution in [0.15, 0.2) is 31.1 Å². The molecule has 0 bridgehead atoms. The monoisotopic (exact) mass is 192 g/mol. The number of carboxylic acid groups (broad SMARTS) is 1. The molecule has 0 atom stereocenters. The smallest absolute Gasteiger partial charge is 0.337 e. The van der Waals surface area contributed by atoms with Crippen LogP contribution in [0.5, 0.6) is 0 Å². The second kappa shape index (κ2) is 4.41. The molecule has 0 radical (unpaired) electrons. The SMILES string of the molecule is C=CCN(C)c1cnccc1C(=O)O. The molecule has 0 aromatic carbocycles. The Labute approximate surface area is 82.5 Å². The largest absolute Gasteiger partial charge is 0.478 e. The molecule has 0 saturated heterocycles. The number of pyridine rings is 1. The van der Waals surface area contributed by atoms with Gasteiger partial charge in [0.1, 0.15) is 0 Å². The summed E-state index contributed by atoms with van der Waals surface area (Å²) >= 11 is 0. The van der Waals surface area contributed by atoms with Gasteiger partial charge in [-0.3, -0.25) is 4.98 Å². The van der Waals surface area contributed by atoms with Gasteiger partial charge in [-0.2, -0.15) is 0 Å². The molecule has 0 fully saturated rings. The minimum atomic E-state index is -0.946. The number of rotatable bonds is 4. The number of aromatic carboxylic acids is 1. The lowest BCUT2D eigenvalue weighted by Gasteiger charge is -2.18. The Bertz CT molecular complexity index is 350. The quantitative estimate of drug-likeness (QED) is 0.733. The van der Waals surface area contributed by atoms with Crippen molar-refractivity contribution in [2.24, 2.45) is 0 Å². The van der Waals surface area contributed by atoms with E-state index in [0.717, 1.165) is 0 Å². The van der Waals surface area contributed by atoms with E-state index in [1.807, 2.05) is 0 Å². The zero-order chi connectivity index (χ0) is 10.6. The van der Waals surface area contributed by atoms with E-state index in [2.05, 4.69) is 11.6 Å². The molecule has 0 aliphatic carbocycles. The Morgan fingerprint density at radius 1 is 1.79 bits per heavy atom. The van der Waals surface area contributed by atoms with Crippen molar-refractivity contribution in [1.82, 2.24) is 4.98 Å². The first kappa shape index (κ1) is 10.2. The van der Waals surface area contributed by atoms with Crippen LogP contribution >= 0.6 is 0 Å². The lowest BCUT2D eigenvalue weighted by molar-refractivity contribution is 0.0697. The molecule has 1 aromatic rings.